The van der Waals surface area contributed by atoms with Gasteiger partial charge < -0.3 is 14.4 Å². The Balaban J connectivity index is 1.56. The lowest BCUT2D eigenvalue weighted by Crippen LogP contribution is -2.40. The summed E-state index contributed by atoms with van der Waals surface area (Å²) in [5.74, 6) is -0.778. The van der Waals surface area contributed by atoms with Crippen molar-refractivity contribution in [2.45, 2.75) is 19.8 Å². The van der Waals surface area contributed by atoms with Crippen molar-refractivity contribution >= 4 is 46.3 Å². The fourth-order valence-electron chi connectivity index (χ4n) is 3.92. The Kier molecular flexibility index (Phi) is 7.90. The van der Waals surface area contributed by atoms with Crippen LogP contribution in [0, 0.1) is 20.2 Å². The Bertz CT molecular complexity index is 1350. The monoisotopic (exact) mass is 542 g/mol. The van der Waals surface area contributed by atoms with E-state index in [4.69, 9.17) is 9.47 Å². The van der Waals surface area contributed by atoms with E-state index in [2.05, 4.69) is 0 Å². The van der Waals surface area contributed by atoms with E-state index in [1.165, 1.54) is 18.2 Å². The molecule has 0 bridgehead atoms. The molecule has 0 spiro atoms. The number of rotatable bonds is 9. The van der Waals surface area contributed by atoms with Crippen LogP contribution in [0.15, 0.2) is 41.3 Å². The maximum atomic E-state index is 12.8. The lowest BCUT2D eigenvalue weighted by molar-refractivity contribution is -0.394. The second-order valence-corrected chi connectivity index (χ2v) is 9.26. The number of nitrogens with zero attached hydrogens (tertiary/aromatic N) is 4. The van der Waals surface area contributed by atoms with E-state index in [0.717, 1.165) is 47.7 Å². The number of benzene rings is 2. The number of ether oxygens (including phenoxy) is 2. The fraction of sp³-hybridized carbons (Fsp3) is 0.292. The number of non-ortho nitro benzene ring substituents is 1. The van der Waals surface area contributed by atoms with Gasteiger partial charge in [0, 0.05) is 19.2 Å². The molecule has 2 saturated heterocycles. The van der Waals surface area contributed by atoms with Gasteiger partial charge in [0.05, 0.1) is 27.4 Å². The first-order valence-electron chi connectivity index (χ1n) is 11.6. The van der Waals surface area contributed by atoms with Crippen molar-refractivity contribution < 1.29 is 33.7 Å². The lowest BCUT2D eigenvalue weighted by atomic mass is 10.1. The van der Waals surface area contributed by atoms with E-state index in [1.54, 1.807) is 17.9 Å². The summed E-state index contributed by atoms with van der Waals surface area (Å²) in [6.07, 6.45) is 3.27. The van der Waals surface area contributed by atoms with Gasteiger partial charge >= 0.3 is 5.69 Å². The van der Waals surface area contributed by atoms with E-state index >= 15 is 0 Å². The highest BCUT2D eigenvalue weighted by Crippen LogP contribution is 2.39. The van der Waals surface area contributed by atoms with Crippen LogP contribution in [-0.2, 0) is 9.59 Å². The maximum Gasteiger partial charge on any atom is 0.318 e. The number of carbonyl (C=O) groups is 3. The summed E-state index contributed by atoms with van der Waals surface area (Å²) in [6, 6.07) is 7.55. The molecule has 0 aliphatic carbocycles. The molecule has 2 fully saturated rings. The van der Waals surface area contributed by atoms with Crippen LogP contribution < -0.4 is 9.47 Å². The summed E-state index contributed by atoms with van der Waals surface area (Å²) in [5.41, 5.74) is -0.571. The molecule has 2 aromatic carbocycles. The predicted octanol–water partition coefficient (Wildman–Crippen LogP) is 4.35. The van der Waals surface area contributed by atoms with E-state index in [-0.39, 0.29) is 41.2 Å². The number of nitro benzene ring substituents is 2. The van der Waals surface area contributed by atoms with Gasteiger partial charge in [-0.25, -0.2) is 0 Å². The Morgan fingerprint density at radius 2 is 1.74 bits per heavy atom. The van der Waals surface area contributed by atoms with Crippen LogP contribution >= 0.6 is 11.8 Å². The molecule has 0 atom stereocenters. The minimum Gasteiger partial charge on any atom is -0.490 e. The number of imide groups is 1. The number of hydrogen-bond donors (Lipinski definition) is 0. The van der Waals surface area contributed by atoms with Crippen LogP contribution in [0.3, 0.4) is 0 Å². The number of likely N-dealkylation sites (tertiary alicyclic amines) is 1. The largest absolute Gasteiger partial charge is 0.490 e. The molecule has 0 radical (unpaired) electrons. The smallest absolute Gasteiger partial charge is 0.318 e. The van der Waals surface area contributed by atoms with Crippen molar-refractivity contribution in [3.05, 3.63) is 67.1 Å². The topological polar surface area (TPSA) is 162 Å². The van der Waals surface area contributed by atoms with Crippen LogP contribution in [0.2, 0.25) is 0 Å². The molecule has 2 aliphatic heterocycles. The Labute approximate surface area is 220 Å². The van der Waals surface area contributed by atoms with Crippen LogP contribution in [0.1, 0.15) is 25.3 Å². The van der Waals surface area contributed by atoms with E-state index in [1.807, 2.05) is 0 Å². The van der Waals surface area contributed by atoms with Crippen LogP contribution in [0.25, 0.3) is 6.08 Å². The van der Waals surface area contributed by atoms with Gasteiger partial charge in [0.2, 0.25) is 11.7 Å². The average molecular weight is 543 g/mol. The molecule has 13 nitrogen and oxygen atoms in total. The highest BCUT2D eigenvalue weighted by atomic mass is 32.2. The number of nitro groups is 2. The first-order chi connectivity index (χ1) is 18.2. The minimum absolute atomic E-state index is 0.102. The Hall–Kier alpha value is -4.46. The van der Waals surface area contributed by atoms with Gasteiger partial charge in [0.25, 0.3) is 16.8 Å². The second-order valence-electron chi connectivity index (χ2n) is 8.26. The zero-order valence-corrected chi connectivity index (χ0v) is 21.0. The van der Waals surface area contributed by atoms with Crippen molar-refractivity contribution in [3.63, 3.8) is 0 Å². The number of amides is 3. The predicted molar refractivity (Wildman–Crippen MR) is 136 cm³/mol. The van der Waals surface area contributed by atoms with Crippen LogP contribution in [0.4, 0.5) is 16.2 Å². The van der Waals surface area contributed by atoms with Crippen molar-refractivity contribution in [3.8, 4) is 17.2 Å². The molecule has 198 valence electrons. The summed E-state index contributed by atoms with van der Waals surface area (Å²) in [4.78, 5) is 61.3. The quantitative estimate of drug-likeness (QED) is 0.253. The van der Waals surface area contributed by atoms with Crippen molar-refractivity contribution in [2.24, 2.45) is 0 Å². The zero-order chi connectivity index (χ0) is 27.4. The zero-order valence-electron chi connectivity index (χ0n) is 20.2. The van der Waals surface area contributed by atoms with Gasteiger partial charge in [-0.15, -0.1) is 0 Å². The van der Waals surface area contributed by atoms with Crippen LogP contribution in [-0.4, -0.2) is 62.9 Å². The van der Waals surface area contributed by atoms with Crippen molar-refractivity contribution in [1.82, 2.24) is 9.80 Å². The molecule has 0 saturated carbocycles. The molecule has 3 amide bonds. The molecule has 2 aromatic rings. The van der Waals surface area contributed by atoms with Gasteiger partial charge in [-0.2, -0.15) is 0 Å². The maximum absolute atomic E-state index is 12.8. The fourth-order valence-corrected chi connectivity index (χ4v) is 4.76. The third kappa shape index (κ3) is 5.75. The molecular weight excluding hydrogens is 520 g/mol. The molecular formula is C24H22N4O9S. The Morgan fingerprint density at radius 1 is 1.03 bits per heavy atom. The van der Waals surface area contributed by atoms with E-state index in [0.29, 0.717) is 18.7 Å². The highest BCUT2D eigenvalue weighted by Gasteiger charge is 2.37. The summed E-state index contributed by atoms with van der Waals surface area (Å²) in [5, 5.41) is 21.9. The molecule has 0 unspecified atom stereocenters. The lowest BCUT2D eigenvalue weighted by Gasteiger charge is -2.18. The molecule has 0 aromatic heterocycles. The molecule has 2 heterocycles. The standard InChI is InChI=1S/C24H22N4O9S/c1-2-36-20-11-15(5-7-19(20)37-18-8-6-16(27(32)33)13-17(18)28(34)35)12-21-23(30)26(24(31)38-21)14-22(29)25-9-3-4-10-25/h5-8,11-13H,2-4,9-10,14H2,1H3/b21-12+. The third-order valence-electron chi connectivity index (χ3n) is 5.76. The highest BCUT2D eigenvalue weighted by molar-refractivity contribution is 8.18. The third-order valence-corrected chi connectivity index (χ3v) is 6.67. The van der Waals surface area contributed by atoms with E-state index in [9.17, 15) is 34.6 Å². The molecule has 4 rings (SSSR count). The molecule has 38 heavy (non-hydrogen) atoms. The van der Waals surface area contributed by atoms with Gasteiger partial charge in [0.15, 0.2) is 11.5 Å². The van der Waals surface area contributed by atoms with E-state index < -0.39 is 32.4 Å². The van der Waals surface area contributed by atoms with Gasteiger partial charge in [-0.1, -0.05) is 6.07 Å². The second kappa shape index (κ2) is 11.3. The van der Waals surface area contributed by atoms with Crippen molar-refractivity contribution in [2.75, 3.05) is 26.2 Å². The number of hydrogen-bond acceptors (Lipinski definition) is 10. The first kappa shape index (κ1) is 26.6. The van der Waals surface area contributed by atoms with Gasteiger partial charge in [-0.05, 0) is 61.4 Å². The molecule has 0 N–H and O–H groups in total. The minimum atomic E-state index is -0.790. The van der Waals surface area contributed by atoms with Gasteiger partial charge in [-0.3, -0.25) is 39.5 Å². The SMILES string of the molecule is CCOc1cc(/C=C2/SC(=O)N(CC(=O)N3CCCC3)C2=O)ccc1Oc1ccc([N+](=O)[O-])cc1[N+](=O)[O-]. The number of carbonyl (C=O) groups excluding carboxylic acids is 3. The van der Waals surface area contributed by atoms with Crippen LogP contribution in [0.5, 0.6) is 17.2 Å². The normalized spacial score (nSPS) is 16.3. The Morgan fingerprint density at radius 3 is 2.39 bits per heavy atom. The summed E-state index contributed by atoms with van der Waals surface area (Å²) < 4.78 is 11.3. The van der Waals surface area contributed by atoms with Gasteiger partial charge in [0.1, 0.15) is 6.54 Å². The number of thioether (sulfide) groups is 1. The average Bonchev–Trinajstić information content (AvgIpc) is 3.51. The molecule has 2 aliphatic rings. The summed E-state index contributed by atoms with van der Waals surface area (Å²) in [7, 11) is 0. The summed E-state index contributed by atoms with van der Waals surface area (Å²) in [6.45, 7) is 2.85. The first-order valence-corrected chi connectivity index (χ1v) is 12.4. The van der Waals surface area contributed by atoms with Crippen molar-refractivity contribution in [1.29, 1.82) is 0 Å². The molecule has 14 heteroatoms. The summed E-state index contributed by atoms with van der Waals surface area (Å²) >= 11 is 0.722.